The number of nitrogens with one attached hydrogen (secondary N) is 1. The first-order chi connectivity index (χ1) is 15.7. The van der Waals surface area contributed by atoms with Gasteiger partial charge in [-0.15, -0.1) is 0 Å². The lowest BCUT2D eigenvalue weighted by Crippen LogP contribution is -2.54. The number of carbonyl (C=O) groups is 4. The van der Waals surface area contributed by atoms with Crippen molar-refractivity contribution < 1.29 is 33.4 Å². The molecular formula is C22H18BrIN2O7. The maximum Gasteiger partial charge on any atom is 0.343 e. The Morgan fingerprint density at radius 1 is 1.18 bits per heavy atom. The van der Waals surface area contributed by atoms with Crippen molar-refractivity contribution in [1.82, 2.24) is 5.32 Å². The van der Waals surface area contributed by atoms with E-state index in [1.807, 2.05) is 29.5 Å². The van der Waals surface area contributed by atoms with Crippen molar-refractivity contribution in [3.8, 4) is 11.5 Å². The minimum absolute atomic E-state index is 0.226. The molecule has 9 nitrogen and oxygen atoms in total. The normalized spacial score (nSPS) is 14.9. The number of hydrogen-bond donors (Lipinski definition) is 1. The Morgan fingerprint density at radius 2 is 1.91 bits per heavy atom. The smallest absolute Gasteiger partial charge is 0.343 e. The van der Waals surface area contributed by atoms with Gasteiger partial charge in [-0.1, -0.05) is 15.9 Å². The molecule has 1 N–H and O–H groups in total. The van der Waals surface area contributed by atoms with E-state index in [-0.39, 0.29) is 17.9 Å². The van der Waals surface area contributed by atoms with Gasteiger partial charge in [0.15, 0.2) is 18.1 Å². The van der Waals surface area contributed by atoms with Crippen LogP contribution in [0.15, 0.2) is 40.4 Å². The zero-order chi connectivity index (χ0) is 24.3. The van der Waals surface area contributed by atoms with Crippen LogP contribution in [0.1, 0.15) is 11.1 Å². The Hall–Kier alpha value is -2.93. The summed E-state index contributed by atoms with van der Waals surface area (Å²) in [4.78, 5) is 50.3. The van der Waals surface area contributed by atoms with E-state index in [0.717, 1.165) is 14.9 Å². The highest BCUT2D eigenvalue weighted by Gasteiger charge is 2.37. The largest absolute Gasteiger partial charge is 0.493 e. The maximum atomic E-state index is 13.1. The molecule has 0 radical (unpaired) electrons. The van der Waals surface area contributed by atoms with Gasteiger partial charge in [0.25, 0.3) is 11.8 Å². The molecule has 1 fully saturated rings. The van der Waals surface area contributed by atoms with Crippen LogP contribution in [0, 0.1) is 10.5 Å². The Labute approximate surface area is 211 Å². The number of esters is 1. The zero-order valence-corrected chi connectivity index (χ0v) is 21.5. The summed E-state index contributed by atoms with van der Waals surface area (Å²) in [5, 5.41) is 2.19. The number of nitrogens with zero attached hydrogens (tertiary/aromatic N) is 1. The average Bonchev–Trinajstić information content (AvgIpc) is 2.77. The van der Waals surface area contributed by atoms with E-state index >= 15 is 0 Å². The van der Waals surface area contributed by atoms with Crippen LogP contribution in [0.5, 0.6) is 11.5 Å². The summed E-state index contributed by atoms with van der Waals surface area (Å²) in [6.07, 6.45) is 1.36. The van der Waals surface area contributed by atoms with Gasteiger partial charge in [0.05, 0.1) is 23.5 Å². The molecule has 2 aromatic carbocycles. The van der Waals surface area contributed by atoms with E-state index in [0.29, 0.717) is 20.6 Å². The summed E-state index contributed by atoms with van der Waals surface area (Å²) in [5.41, 5.74) is 1.38. The number of methoxy groups -OCH3 is 2. The lowest BCUT2D eigenvalue weighted by atomic mass is 10.1. The van der Waals surface area contributed by atoms with Crippen LogP contribution >= 0.6 is 38.5 Å². The van der Waals surface area contributed by atoms with Gasteiger partial charge < -0.3 is 14.2 Å². The molecule has 4 amide bonds. The lowest BCUT2D eigenvalue weighted by molar-refractivity contribution is -0.143. The fourth-order valence-electron chi connectivity index (χ4n) is 2.98. The van der Waals surface area contributed by atoms with Crippen LogP contribution in [-0.2, 0) is 19.1 Å². The second-order valence-electron chi connectivity index (χ2n) is 6.79. The van der Waals surface area contributed by atoms with Crippen LogP contribution < -0.4 is 19.7 Å². The van der Waals surface area contributed by atoms with Crippen molar-refractivity contribution in [3.63, 3.8) is 0 Å². The molecule has 1 heterocycles. The summed E-state index contributed by atoms with van der Waals surface area (Å²) in [6.45, 7) is 1.51. The van der Waals surface area contributed by atoms with Crippen molar-refractivity contribution in [2.75, 3.05) is 25.7 Å². The van der Waals surface area contributed by atoms with E-state index in [1.165, 1.54) is 20.3 Å². The highest BCUT2D eigenvalue weighted by atomic mass is 127. The second kappa shape index (κ2) is 10.3. The predicted molar refractivity (Wildman–Crippen MR) is 131 cm³/mol. The molecule has 1 saturated heterocycles. The first-order valence-corrected chi connectivity index (χ1v) is 11.3. The molecule has 2 aromatic rings. The number of ether oxygens (including phenoxy) is 3. The third kappa shape index (κ3) is 5.36. The highest BCUT2D eigenvalue weighted by molar-refractivity contribution is 14.1. The van der Waals surface area contributed by atoms with Crippen LogP contribution in [0.2, 0.25) is 0 Å². The third-order valence-corrected chi connectivity index (χ3v) is 6.32. The Kier molecular flexibility index (Phi) is 7.74. The van der Waals surface area contributed by atoms with Crippen LogP contribution in [0.3, 0.4) is 0 Å². The van der Waals surface area contributed by atoms with Crippen LogP contribution in [0.25, 0.3) is 6.08 Å². The molecule has 0 spiro atoms. The molecule has 33 heavy (non-hydrogen) atoms. The summed E-state index contributed by atoms with van der Waals surface area (Å²) in [6, 6.07) is 7.34. The number of aryl methyl sites for hydroxylation is 1. The number of carbonyl (C=O) groups excluding carboxylic acids is 4. The van der Waals surface area contributed by atoms with Gasteiger partial charge in [-0.25, -0.2) is 14.5 Å². The van der Waals surface area contributed by atoms with Crippen molar-refractivity contribution in [3.05, 3.63) is 55.1 Å². The average molecular weight is 629 g/mol. The van der Waals surface area contributed by atoms with Gasteiger partial charge in [0.2, 0.25) is 0 Å². The molecule has 1 aliphatic rings. The molecule has 0 bridgehead atoms. The number of rotatable bonds is 6. The topological polar surface area (TPSA) is 111 Å². The standard InChI is InChI=1S/C22H18BrIN2O7/c1-11-6-13(4-5-15(11)23)26-21(29)14(20(28)25-22(26)30)7-12-8-16(24)19(17(9-12)31-2)33-10-18(27)32-3/h4-9H,10H2,1-3H3,(H,25,28,30)/b14-7+. The summed E-state index contributed by atoms with van der Waals surface area (Å²) in [7, 11) is 2.67. The first kappa shape index (κ1) is 24.7. The van der Waals surface area contributed by atoms with Crippen molar-refractivity contribution in [1.29, 1.82) is 0 Å². The monoisotopic (exact) mass is 628 g/mol. The molecule has 172 valence electrons. The number of urea groups is 1. The molecule has 0 aromatic heterocycles. The summed E-state index contributed by atoms with van der Waals surface area (Å²) in [5.74, 6) is -1.53. The molecule has 0 saturated carbocycles. The van der Waals surface area contributed by atoms with Crippen LogP contribution in [-0.4, -0.2) is 44.6 Å². The molecule has 0 aliphatic carbocycles. The van der Waals surface area contributed by atoms with E-state index in [9.17, 15) is 19.2 Å². The number of hydrogen-bond acceptors (Lipinski definition) is 7. The predicted octanol–water partition coefficient (Wildman–Crippen LogP) is 3.59. The Bertz CT molecular complexity index is 1200. The van der Waals surface area contributed by atoms with Gasteiger partial charge in [0, 0.05) is 4.47 Å². The highest BCUT2D eigenvalue weighted by Crippen LogP contribution is 2.35. The van der Waals surface area contributed by atoms with Gasteiger partial charge >= 0.3 is 12.0 Å². The van der Waals surface area contributed by atoms with E-state index in [1.54, 1.807) is 30.3 Å². The first-order valence-electron chi connectivity index (χ1n) is 9.41. The lowest BCUT2D eigenvalue weighted by Gasteiger charge is -2.26. The number of imide groups is 2. The van der Waals surface area contributed by atoms with Gasteiger partial charge in [-0.05, 0) is 77.0 Å². The number of barbiturate groups is 1. The number of benzene rings is 2. The van der Waals surface area contributed by atoms with Crippen LogP contribution in [0.4, 0.5) is 10.5 Å². The minimum Gasteiger partial charge on any atom is -0.493 e. The van der Waals surface area contributed by atoms with E-state index in [4.69, 9.17) is 9.47 Å². The van der Waals surface area contributed by atoms with Gasteiger partial charge in [-0.3, -0.25) is 14.9 Å². The Morgan fingerprint density at radius 3 is 2.55 bits per heavy atom. The summed E-state index contributed by atoms with van der Waals surface area (Å²) >= 11 is 5.36. The number of halogens is 2. The quantitative estimate of drug-likeness (QED) is 0.225. The molecular weight excluding hydrogens is 611 g/mol. The van der Waals surface area contributed by atoms with Crippen molar-refractivity contribution >= 4 is 74.1 Å². The number of amides is 4. The molecule has 1 aliphatic heterocycles. The molecule has 0 unspecified atom stereocenters. The second-order valence-corrected chi connectivity index (χ2v) is 8.81. The van der Waals surface area contributed by atoms with Crippen molar-refractivity contribution in [2.24, 2.45) is 0 Å². The van der Waals surface area contributed by atoms with E-state index in [2.05, 4.69) is 26.0 Å². The fourth-order valence-corrected chi connectivity index (χ4v) is 4.01. The summed E-state index contributed by atoms with van der Waals surface area (Å²) < 4.78 is 16.8. The van der Waals surface area contributed by atoms with Gasteiger partial charge in [-0.2, -0.15) is 0 Å². The SMILES string of the molecule is COC(=O)COc1c(I)cc(/C=C2\C(=O)NC(=O)N(c3ccc(Br)c(C)c3)C2=O)cc1OC. The minimum atomic E-state index is -0.831. The zero-order valence-electron chi connectivity index (χ0n) is 17.7. The fraction of sp³-hybridized carbons (Fsp3) is 0.182. The Balaban J connectivity index is 1.98. The third-order valence-electron chi connectivity index (χ3n) is 4.63. The maximum absolute atomic E-state index is 13.1. The number of anilines is 1. The molecule has 3 rings (SSSR count). The molecule has 11 heteroatoms. The van der Waals surface area contributed by atoms with E-state index < -0.39 is 23.8 Å². The van der Waals surface area contributed by atoms with Gasteiger partial charge in [0.1, 0.15) is 5.57 Å². The van der Waals surface area contributed by atoms with Crippen molar-refractivity contribution in [2.45, 2.75) is 6.92 Å². The molecule has 0 atom stereocenters.